The second kappa shape index (κ2) is 78.1. The van der Waals surface area contributed by atoms with Crippen molar-refractivity contribution in [3.63, 3.8) is 0 Å². The van der Waals surface area contributed by atoms with Crippen molar-refractivity contribution in [2.75, 3.05) is 0 Å². The van der Waals surface area contributed by atoms with Crippen molar-refractivity contribution in [1.82, 2.24) is 0 Å². The van der Waals surface area contributed by atoms with E-state index in [1.165, 1.54) is 0 Å². The monoisotopic (exact) mass is 852 g/mol. The van der Waals surface area contributed by atoms with Gasteiger partial charge >= 0.3 is 180 Å². The molecule has 43 heteroatoms. The van der Waals surface area contributed by atoms with Crippen molar-refractivity contribution in [2.24, 2.45) is 0 Å². The van der Waals surface area contributed by atoms with Crippen molar-refractivity contribution >= 4 is 91.7 Å². The van der Waals surface area contributed by atoms with Crippen LogP contribution >= 0.6 is 0 Å². The average Bonchev–Trinajstić information content (AvgIpc) is 2.47. The Hall–Kier alpha value is -0.831. The van der Waals surface area contributed by atoms with Crippen LogP contribution < -0.4 is 88.7 Å². The summed E-state index contributed by atoms with van der Waals surface area (Å²) in [6.07, 6.45) is 0. The van der Waals surface area contributed by atoms with E-state index in [1.54, 1.807) is 0 Å². The molecule has 0 saturated heterocycles. The van der Waals surface area contributed by atoms with Crippen LogP contribution in [0, 0.1) is 0 Å². The van der Waals surface area contributed by atoms with E-state index in [4.69, 9.17) is 141 Å². The maximum atomic E-state index is 8.74. The molecular formula is H23Na3O30Si10. The topological polar surface area (TPSA) is 575 Å². The van der Waals surface area contributed by atoms with Gasteiger partial charge in [0.05, 0.1) is 0 Å². The summed E-state index contributed by atoms with van der Waals surface area (Å²) in [5, 5.41) is 0. The molecule has 0 rings (SSSR count). The van der Waals surface area contributed by atoms with E-state index in [-0.39, 0.29) is 93.0 Å². The van der Waals surface area contributed by atoms with Crippen LogP contribution in [0.15, 0.2) is 0 Å². The minimum atomic E-state index is -3.13. The molecule has 0 spiro atoms. The van der Waals surface area contributed by atoms with Crippen LogP contribution in [0.4, 0.5) is 0 Å². The van der Waals surface area contributed by atoms with E-state index >= 15 is 0 Å². The molecule has 0 aliphatic rings. The Kier molecular flexibility index (Phi) is 153. The predicted molar refractivity (Wildman–Crippen MR) is 112 cm³/mol. The largest absolute Gasteiger partial charge is 1.00 e. The Morgan fingerprint density at radius 1 is 0.186 bits per heavy atom. The molecular weight excluding hydrogens is 830 g/mol. The Labute approximate surface area is 322 Å². The van der Waals surface area contributed by atoms with Gasteiger partial charge in [-0.1, -0.05) is 0 Å². The molecule has 0 radical (unpaired) electrons. The van der Waals surface area contributed by atoms with Gasteiger partial charge in [0.1, 0.15) is 0 Å². The van der Waals surface area contributed by atoms with Gasteiger partial charge in [0, 0.05) is 0 Å². The predicted octanol–water partition coefficient (Wildman–Crippen LogP) is -24.8. The van der Waals surface area contributed by atoms with Crippen molar-refractivity contribution in [3.05, 3.63) is 0 Å². The van der Waals surface area contributed by atoms with E-state index in [2.05, 4.69) is 0 Å². The summed E-state index contributed by atoms with van der Waals surface area (Å²) < 4.78 is 87.4. The first-order valence-corrected chi connectivity index (χ1v) is 19.5. The third-order valence-electron chi connectivity index (χ3n) is 0. The van der Waals surface area contributed by atoms with Gasteiger partial charge in [0.2, 0.25) is 0 Å². The Balaban J connectivity index is -0.0000000153. The van der Waals surface area contributed by atoms with Gasteiger partial charge in [-0.25, -0.2) is 0 Å². The van der Waals surface area contributed by atoms with Gasteiger partial charge in [-0.15, -0.1) is 0 Å². The zero-order chi connectivity index (χ0) is 35.8. The molecule has 0 atom stereocenters. The molecule has 0 aliphatic carbocycles. The molecule has 0 fully saturated rings. The van der Waals surface area contributed by atoms with E-state index in [0.29, 0.717) is 0 Å². The van der Waals surface area contributed by atoms with Gasteiger partial charge in [-0.2, -0.15) is 0 Å². The quantitative estimate of drug-likeness (QED) is 0.101. The summed E-state index contributed by atoms with van der Waals surface area (Å²) in [6, 6.07) is 0. The minimum absolute atomic E-state index is 0. The van der Waals surface area contributed by atoms with Crippen LogP contribution in [-0.2, 0) is 44.6 Å². The first-order chi connectivity index (χ1) is 17.3. The Bertz CT molecular complexity index is 494. The fourth-order valence-electron chi connectivity index (χ4n) is 0. The van der Waals surface area contributed by atoms with Crippen LogP contribution in [0.1, 0.15) is 4.28 Å². The molecule has 43 heavy (non-hydrogen) atoms. The SMILES string of the molecule is O=[Si](O)O.O=[Si](O)O.O=[Si](O)O.O=[Si](O)O.O=[Si](O)O.O=[Si](O)O.O=[Si](O)O.O=[Si](O)O.O=[Si](O)O.O=[Si](O)O.[H-].[H-].[H-].[Na+].[Na+].[Na+]. The maximum Gasteiger partial charge on any atom is 1.00 e. The fraction of sp³-hybridized carbons (Fsp3) is 0. The average molecular weight is 853 g/mol. The third kappa shape index (κ3) is 91400. The minimum Gasteiger partial charge on any atom is -1.00 e. The molecule has 0 bridgehead atoms. The summed E-state index contributed by atoms with van der Waals surface area (Å²) in [5.74, 6) is 0. The molecule has 0 heterocycles. The standard InChI is InChI=1S/3Na.10H2O3Si.3H/c;;;10*1-4(2)3;;;/h;;;10*1-2H;;;/q3*+1;;;;;;;;;;;3*-1. The number of hydrogen-bond donors (Lipinski definition) is 20. The van der Waals surface area contributed by atoms with Crippen LogP contribution in [0.25, 0.3) is 0 Å². The molecule has 246 valence electrons. The van der Waals surface area contributed by atoms with Gasteiger partial charge in [0.15, 0.2) is 0 Å². The fourth-order valence-corrected chi connectivity index (χ4v) is 0. The number of hydrogen-bond acceptors (Lipinski definition) is 10. The zero-order valence-electron chi connectivity index (χ0n) is 24.0. The maximum absolute atomic E-state index is 8.74. The van der Waals surface area contributed by atoms with Crippen LogP contribution in [-0.4, -0.2) is 188 Å². The molecule has 20 N–H and O–H groups in total. The van der Waals surface area contributed by atoms with Crippen molar-refractivity contribution in [3.8, 4) is 0 Å². The third-order valence-corrected chi connectivity index (χ3v) is 0. The van der Waals surface area contributed by atoms with E-state index in [0.717, 1.165) is 0 Å². The van der Waals surface area contributed by atoms with Crippen molar-refractivity contribution in [2.45, 2.75) is 0 Å². The molecule has 0 aromatic carbocycles. The molecule has 0 aromatic heterocycles. The van der Waals surface area contributed by atoms with Gasteiger partial charge in [-0.3, -0.25) is 44.6 Å². The summed E-state index contributed by atoms with van der Waals surface area (Å²) >= 11 is 0. The van der Waals surface area contributed by atoms with Crippen molar-refractivity contribution < 1.29 is 233 Å². The molecule has 30 nitrogen and oxygen atoms in total. The summed E-state index contributed by atoms with van der Waals surface area (Å²) in [5.41, 5.74) is 0. The van der Waals surface area contributed by atoms with Crippen LogP contribution in [0.3, 0.4) is 0 Å². The van der Waals surface area contributed by atoms with Gasteiger partial charge in [-0.05, 0) is 0 Å². The van der Waals surface area contributed by atoms with E-state index in [1.807, 2.05) is 0 Å². The van der Waals surface area contributed by atoms with E-state index in [9.17, 15) is 0 Å². The molecule has 0 aromatic rings. The summed E-state index contributed by atoms with van der Waals surface area (Å²) in [4.78, 5) is 143. The normalized spacial score (nSPS) is 5.58. The van der Waals surface area contributed by atoms with E-state index < -0.39 is 91.7 Å². The second-order valence-corrected chi connectivity index (χ2v) is 8.48. The summed E-state index contributed by atoms with van der Waals surface area (Å²) in [7, 11) is -31.3. The smallest absolute Gasteiger partial charge is 1.00 e. The summed E-state index contributed by atoms with van der Waals surface area (Å²) in [6.45, 7) is 0. The van der Waals surface area contributed by atoms with Crippen molar-refractivity contribution in [1.29, 1.82) is 0 Å². The van der Waals surface area contributed by atoms with Crippen LogP contribution in [0.5, 0.6) is 0 Å². The van der Waals surface area contributed by atoms with Gasteiger partial charge in [0.25, 0.3) is 0 Å². The Morgan fingerprint density at radius 3 is 0.186 bits per heavy atom. The first-order valence-electron chi connectivity index (χ1n) is 6.51. The second-order valence-electron chi connectivity index (χ2n) is 2.83. The van der Waals surface area contributed by atoms with Crippen LogP contribution in [0.2, 0.25) is 0 Å². The molecule has 0 aliphatic heterocycles. The Morgan fingerprint density at radius 2 is 0.186 bits per heavy atom. The first kappa shape index (κ1) is 84.0. The zero-order valence-corrected chi connectivity index (χ0v) is 37.0. The van der Waals surface area contributed by atoms with Gasteiger partial charge < -0.3 is 100 Å². The molecule has 0 saturated carbocycles. The number of rotatable bonds is 0. The molecule has 0 unspecified atom stereocenters. The molecule has 0 amide bonds.